The van der Waals surface area contributed by atoms with E-state index in [-0.39, 0.29) is 17.9 Å². The van der Waals surface area contributed by atoms with Crippen LogP contribution in [0.3, 0.4) is 0 Å². The summed E-state index contributed by atoms with van der Waals surface area (Å²) in [5, 5.41) is 9.07. The summed E-state index contributed by atoms with van der Waals surface area (Å²) in [6, 6.07) is 7.40. The number of hydrogen-bond donors (Lipinski definition) is 0. The second-order valence-electron chi connectivity index (χ2n) is 6.21. The van der Waals surface area contributed by atoms with Crippen molar-refractivity contribution >= 4 is 23.2 Å². The molecular formula is C16H17N3O2. The second kappa shape index (κ2) is 4.32. The Labute approximate surface area is 123 Å². The minimum Gasteiger partial charge on any atom is -0.313 e. The van der Waals surface area contributed by atoms with Crippen LogP contribution in [-0.2, 0) is 9.59 Å². The van der Waals surface area contributed by atoms with Gasteiger partial charge in [0.15, 0.2) is 0 Å². The van der Waals surface area contributed by atoms with Crippen molar-refractivity contribution in [1.82, 2.24) is 0 Å². The van der Waals surface area contributed by atoms with Crippen LogP contribution in [0.5, 0.6) is 0 Å². The highest BCUT2D eigenvalue weighted by Gasteiger charge is 2.49. The molecule has 21 heavy (non-hydrogen) atoms. The van der Waals surface area contributed by atoms with Crippen LogP contribution < -0.4 is 9.80 Å². The fourth-order valence-corrected chi connectivity index (χ4v) is 2.79. The summed E-state index contributed by atoms with van der Waals surface area (Å²) in [6.07, 6.45) is 1.92. The van der Waals surface area contributed by atoms with Gasteiger partial charge in [0.05, 0.1) is 23.0 Å². The SMILES string of the molecule is CN1C(=O)C(C)(C)C(=O)N(C2CC2)c2ccc(C#N)cc21. The van der Waals surface area contributed by atoms with E-state index in [2.05, 4.69) is 6.07 Å². The summed E-state index contributed by atoms with van der Waals surface area (Å²) in [7, 11) is 1.66. The van der Waals surface area contributed by atoms with Crippen LogP contribution in [0.4, 0.5) is 11.4 Å². The standard InChI is InChI=1S/C16H17N3O2/c1-16(2)14(20)18(3)13-8-10(9-17)4-7-12(13)19(15(16)21)11-5-6-11/h4,7-8,11H,5-6H2,1-3H3. The number of anilines is 2. The van der Waals surface area contributed by atoms with Gasteiger partial charge in [0, 0.05) is 13.1 Å². The van der Waals surface area contributed by atoms with Gasteiger partial charge in [-0.25, -0.2) is 0 Å². The topological polar surface area (TPSA) is 64.4 Å². The van der Waals surface area contributed by atoms with Crippen molar-refractivity contribution in [2.24, 2.45) is 5.41 Å². The van der Waals surface area contributed by atoms with E-state index in [1.54, 1.807) is 44.0 Å². The number of carbonyl (C=O) groups is 2. The van der Waals surface area contributed by atoms with Gasteiger partial charge in [-0.15, -0.1) is 0 Å². The second-order valence-corrected chi connectivity index (χ2v) is 6.21. The highest BCUT2D eigenvalue weighted by Crippen LogP contribution is 2.43. The van der Waals surface area contributed by atoms with E-state index in [1.807, 2.05) is 0 Å². The van der Waals surface area contributed by atoms with Crippen LogP contribution >= 0.6 is 0 Å². The van der Waals surface area contributed by atoms with Crippen LogP contribution in [0.25, 0.3) is 0 Å². The van der Waals surface area contributed by atoms with Gasteiger partial charge in [-0.2, -0.15) is 5.26 Å². The number of amides is 2. The average molecular weight is 283 g/mol. The van der Waals surface area contributed by atoms with Crippen molar-refractivity contribution in [2.45, 2.75) is 32.7 Å². The maximum atomic E-state index is 12.8. The van der Waals surface area contributed by atoms with E-state index < -0.39 is 5.41 Å². The summed E-state index contributed by atoms with van der Waals surface area (Å²) >= 11 is 0. The smallest absolute Gasteiger partial charge is 0.242 e. The molecular weight excluding hydrogens is 266 g/mol. The van der Waals surface area contributed by atoms with Gasteiger partial charge < -0.3 is 9.80 Å². The summed E-state index contributed by atoms with van der Waals surface area (Å²) in [6.45, 7) is 3.33. The minimum absolute atomic E-state index is 0.162. The maximum absolute atomic E-state index is 12.8. The largest absolute Gasteiger partial charge is 0.313 e. The molecule has 0 aromatic heterocycles. The molecule has 1 aliphatic carbocycles. The number of carbonyl (C=O) groups excluding carboxylic acids is 2. The monoisotopic (exact) mass is 283 g/mol. The van der Waals surface area contributed by atoms with Gasteiger partial charge in [-0.05, 0) is 44.9 Å². The first-order chi connectivity index (χ1) is 9.87. The highest BCUT2D eigenvalue weighted by molar-refractivity contribution is 6.20. The summed E-state index contributed by atoms with van der Waals surface area (Å²) in [5.74, 6) is -0.405. The Balaban J connectivity index is 2.24. The van der Waals surface area contributed by atoms with Crippen molar-refractivity contribution in [3.05, 3.63) is 23.8 Å². The predicted octanol–water partition coefficient (Wildman–Crippen LogP) is 2.06. The first kappa shape index (κ1) is 13.6. The van der Waals surface area contributed by atoms with Crippen LogP contribution in [0, 0.1) is 16.7 Å². The molecule has 0 spiro atoms. The van der Waals surface area contributed by atoms with Gasteiger partial charge >= 0.3 is 0 Å². The number of fused-ring (bicyclic) bond motifs is 1. The molecule has 0 atom stereocenters. The van der Waals surface area contributed by atoms with E-state index >= 15 is 0 Å². The molecule has 5 nitrogen and oxygen atoms in total. The lowest BCUT2D eigenvalue weighted by Crippen LogP contribution is -2.48. The quantitative estimate of drug-likeness (QED) is 0.741. The molecule has 108 valence electrons. The third-order valence-corrected chi connectivity index (χ3v) is 4.23. The molecule has 1 heterocycles. The zero-order valence-electron chi connectivity index (χ0n) is 12.4. The molecule has 1 saturated carbocycles. The fraction of sp³-hybridized carbons (Fsp3) is 0.438. The maximum Gasteiger partial charge on any atom is 0.242 e. The molecule has 0 saturated heterocycles. The lowest BCUT2D eigenvalue weighted by atomic mass is 9.90. The fourth-order valence-electron chi connectivity index (χ4n) is 2.79. The van der Waals surface area contributed by atoms with Gasteiger partial charge in [0.25, 0.3) is 0 Å². The highest BCUT2D eigenvalue weighted by atomic mass is 16.2. The molecule has 1 aromatic rings. The first-order valence-corrected chi connectivity index (χ1v) is 7.04. The molecule has 2 aliphatic rings. The van der Waals surface area contributed by atoms with Gasteiger partial charge in [0.1, 0.15) is 5.41 Å². The molecule has 0 N–H and O–H groups in total. The Hall–Kier alpha value is -2.35. The summed E-state index contributed by atoms with van der Waals surface area (Å²) < 4.78 is 0. The lowest BCUT2D eigenvalue weighted by molar-refractivity contribution is -0.137. The Bertz CT molecular complexity index is 683. The lowest BCUT2D eigenvalue weighted by Gasteiger charge is -2.28. The number of nitrogens with zero attached hydrogens (tertiary/aromatic N) is 3. The van der Waals surface area contributed by atoms with Crippen LogP contribution in [0.2, 0.25) is 0 Å². The van der Waals surface area contributed by atoms with E-state index in [9.17, 15) is 9.59 Å². The third kappa shape index (κ3) is 1.90. The molecule has 5 heteroatoms. The Kier molecular flexibility index (Phi) is 2.80. The number of benzene rings is 1. The molecule has 0 unspecified atom stereocenters. The van der Waals surface area contributed by atoms with Gasteiger partial charge in [-0.1, -0.05) is 0 Å². The van der Waals surface area contributed by atoms with Gasteiger partial charge in [-0.3, -0.25) is 9.59 Å². The number of hydrogen-bond acceptors (Lipinski definition) is 3. The zero-order chi connectivity index (χ0) is 15.4. The number of nitriles is 1. The normalized spacial score (nSPS) is 20.9. The average Bonchev–Trinajstić information content (AvgIpc) is 3.30. The van der Waals surface area contributed by atoms with Crippen molar-refractivity contribution in [3.63, 3.8) is 0 Å². The zero-order valence-corrected chi connectivity index (χ0v) is 12.4. The molecule has 1 aromatic carbocycles. The molecule has 3 rings (SSSR count). The van der Waals surface area contributed by atoms with Crippen molar-refractivity contribution in [1.29, 1.82) is 5.26 Å². The Morgan fingerprint density at radius 1 is 1.19 bits per heavy atom. The van der Waals surface area contributed by atoms with E-state index in [4.69, 9.17) is 5.26 Å². The van der Waals surface area contributed by atoms with E-state index in [0.29, 0.717) is 11.3 Å². The Morgan fingerprint density at radius 3 is 2.43 bits per heavy atom. The molecule has 2 amide bonds. The van der Waals surface area contributed by atoms with E-state index in [1.165, 1.54) is 4.90 Å². The number of rotatable bonds is 1. The van der Waals surface area contributed by atoms with Crippen LogP contribution in [-0.4, -0.2) is 24.9 Å². The van der Waals surface area contributed by atoms with Gasteiger partial charge in [0.2, 0.25) is 11.8 Å². The van der Waals surface area contributed by atoms with Crippen LogP contribution in [0.15, 0.2) is 18.2 Å². The minimum atomic E-state index is -1.09. The molecule has 0 bridgehead atoms. The molecule has 1 aliphatic heterocycles. The summed E-state index contributed by atoms with van der Waals surface area (Å²) in [4.78, 5) is 28.7. The van der Waals surface area contributed by atoms with E-state index in [0.717, 1.165) is 18.5 Å². The predicted molar refractivity (Wildman–Crippen MR) is 78.9 cm³/mol. The first-order valence-electron chi connectivity index (χ1n) is 7.04. The molecule has 0 radical (unpaired) electrons. The third-order valence-electron chi connectivity index (χ3n) is 4.23. The van der Waals surface area contributed by atoms with Crippen molar-refractivity contribution in [3.8, 4) is 6.07 Å². The van der Waals surface area contributed by atoms with Crippen molar-refractivity contribution < 1.29 is 9.59 Å². The van der Waals surface area contributed by atoms with Crippen molar-refractivity contribution in [2.75, 3.05) is 16.8 Å². The summed E-state index contributed by atoms with van der Waals surface area (Å²) in [5.41, 5.74) is 0.743. The molecule has 1 fully saturated rings. The van der Waals surface area contributed by atoms with Crippen LogP contribution in [0.1, 0.15) is 32.3 Å². The Morgan fingerprint density at radius 2 is 1.86 bits per heavy atom.